The Kier molecular flexibility index (Phi) is 9.32. The van der Waals surface area contributed by atoms with Gasteiger partial charge in [-0.05, 0) is 43.5 Å². The molecule has 3 heterocycles. The number of halogens is 3. The zero-order valence-corrected chi connectivity index (χ0v) is 22.6. The molecule has 41 heavy (non-hydrogen) atoms. The smallest absolute Gasteiger partial charge is 0.381 e. The fraction of sp³-hybridized carbons (Fsp3) is 0.407. The van der Waals surface area contributed by atoms with Gasteiger partial charge in [-0.15, -0.1) is 0 Å². The maximum absolute atomic E-state index is 12.8. The van der Waals surface area contributed by atoms with Crippen LogP contribution in [0.15, 0.2) is 47.7 Å². The summed E-state index contributed by atoms with van der Waals surface area (Å²) in [5, 5.41) is 16.5. The summed E-state index contributed by atoms with van der Waals surface area (Å²) in [7, 11) is 1.68. The molecule has 1 aliphatic heterocycles. The molecular weight excluding hydrogens is 541 g/mol. The first-order valence-corrected chi connectivity index (χ1v) is 13.0. The van der Waals surface area contributed by atoms with Gasteiger partial charge in [-0.3, -0.25) is 9.79 Å². The Morgan fingerprint density at radius 3 is 2.68 bits per heavy atom. The first-order chi connectivity index (χ1) is 19.6. The van der Waals surface area contributed by atoms with E-state index in [1.54, 1.807) is 77.7 Å². The van der Waals surface area contributed by atoms with Crippen LogP contribution in [0.4, 0.5) is 23.7 Å². The van der Waals surface area contributed by atoms with Gasteiger partial charge in [0.15, 0.2) is 5.65 Å². The molecule has 0 spiro atoms. The Balaban J connectivity index is 1.44. The van der Waals surface area contributed by atoms with Crippen molar-refractivity contribution in [2.75, 3.05) is 32.1 Å². The Hall–Kier alpha value is -4.33. The molecule has 2 aromatic heterocycles. The molecule has 0 bridgehead atoms. The lowest BCUT2D eigenvalue weighted by Gasteiger charge is -2.32. The molecule has 0 saturated carbocycles. The summed E-state index contributed by atoms with van der Waals surface area (Å²) in [4.78, 5) is 35.3. The number of aliphatic imine (C=N–C) groups is 1. The number of amides is 3. The van der Waals surface area contributed by atoms with E-state index in [0.717, 1.165) is 12.8 Å². The number of hydrogen-bond donors (Lipinski definition) is 3. The van der Waals surface area contributed by atoms with E-state index in [1.165, 1.54) is 6.21 Å². The Morgan fingerprint density at radius 2 is 2.00 bits per heavy atom. The van der Waals surface area contributed by atoms with Crippen LogP contribution in [0.25, 0.3) is 16.9 Å². The summed E-state index contributed by atoms with van der Waals surface area (Å²) < 4.78 is 44.0. The minimum absolute atomic E-state index is 0.0689. The van der Waals surface area contributed by atoms with Crippen LogP contribution in [0.1, 0.15) is 31.2 Å². The quantitative estimate of drug-likeness (QED) is 0.334. The second kappa shape index (κ2) is 12.9. The number of methoxy groups -OCH3 is 1. The molecular formula is C27H31F3N8O3. The zero-order chi connectivity index (χ0) is 29.6. The fourth-order valence-corrected chi connectivity index (χ4v) is 4.47. The van der Waals surface area contributed by atoms with E-state index >= 15 is 0 Å². The molecule has 3 amide bonds. The molecule has 1 fully saturated rings. The van der Waals surface area contributed by atoms with Crippen LogP contribution in [-0.2, 0) is 9.53 Å². The topological polar surface area (TPSA) is 137 Å². The van der Waals surface area contributed by atoms with Crippen LogP contribution in [0.2, 0.25) is 0 Å². The molecule has 14 heteroatoms. The van der Waals surface area contributed by atoms with Crippen LogP contribution < -0.4 is 10.6 Å². The Bertz CT molecular complexity index is 1420. The van der Waals surface area contributed by atoms with Gasteiger partial charge in [0.1, 0.15) is 12.6 Å². The van der Waals surface area contributed by atoms with E-state index in [4.69, 9.17) is 10.1 Å². The summed E-state index contributed by atoms with van der Waals surface area (Å²) in [6.45, 7) is 1.53. The minimum Gasteiger partial charge on any atom is -0.381 e. The summed E-state index contributed by atoms with van der Waals surface area (Å²) >= 11 is 0. The first kappa shape index (κ1) is 29.6. The van der Waals surface area contributed by atoms with Crippen LogP contribution >= 0.6 is 0 Å². The average Bonchev–Trinajstić information content (AvgIpc) is 3.39. The van der Waals surface area contributed by atoms with Gasteiger partial charge in [-0.2, -0.15) is 18.3 Å². The molecule has 1 aliphatic rings. The van der Waals surface area contributed by atoms with Gasteiger partial charge in [0.25, 0.3) is 0 Å². The molecule has 0 radical (unpaired) electrons. The number of imidazole rings is 1. The highest BCUT2D eigenvalue weighted by molar-refractivity contribution is 5.92. The van der Waals surface area contributed by atoms with Crippen molar-refractivity contribution in [3.05, 3.63) is 48.3 Å². The number of ether oxygens (including phenoxy) is 1. The monoisotopic (exact) mass is 572 g/mol. The highest BCUT2D eigenvalue weighted by Crippen LogP contribution is 2.25. The molecule has 1 saturated heterocycles. The lowest BCUT2D eigenvalue weighted by atomic mass is 10.0. The standard InChI is InChI=1S/C27H31F3N8O3/c1-17(25(39)37-8-6-22(41-2)7-9-37)32-13-20(12-31)19-11-24-33-15-23(38(24)35-14-19)18-4-3-5-21(10-18)36-26(40)34-16-27(28,29)30/h3-5,10-15,17,20,22,31H,6-9,16H2,1-2H3,(H2,34,36,40). The number of aromatic nitrogens is 3. The van der Waals surface area contributed by atoms with Gasteiger partial charge in [0, 0.05) is 43.9 Å². The lowest BCUT2D eigenvalue weighted by molar-refractivity contribution is -0.134. The molecule has 3 aromatic rings. The normalized spacial score (nSPS) is 16.1. The number of benzene rings is 1. The Morgan fingerprint density at radius 1 is 1.24 bits per heavy atom. The van der Waals surface area contributed by atoms with Crippen LogP contribution in [0.5, 0.6) is 0 Å². The van der Waals surface area contributed by atoms with Gasteiger partial charge in [0.05, 0.1) is 30.1 Å². The first-order valence-electron chi connectivity index (χ1n) is 13.0. The predicted molar refractivity (Wildman–Crippen MR) is 148 cm³/mol. The highest BCUT2D eigenvalue weighted by Gasteiger charge is 2.28. The van der Waals surface area contributed by atoms with Crippen LogP contribution in [0.3, 0.4) is 0 Å². The Labute approximate surface area is 234 Å². The molecule has 2 atom stereocenters. The third kappa shape index (κ3) is 7.66. The van der Waals surface area contributed by atoms with E-state index in [0.29, 0.717) is 41.2 Å². The second-order valence-corrected chi connectivity index (χ2v) is 9.63. The molecule has 4 rings (SSSR count). The van der Waals surface area contributed by atoms with E-state index in [2.05, 4.69) is 20.4 Å². The second-order valence-electron chi connectivity index (χ2n) is 9.63. The number of carbonyl (C=O) groups excluding carboxylic acids is 2. The number of alkyl halides is 3. The molecule has 3 N–H and O–H groups in total. The molecule has 2 unspecified atom stereocenters. The van der Waals surface area contributed by atoms with Crippen molar-refractivity contribution >= 4 is 35.7 Å². The van der Waals surface area contributed by atoms with Crippen molar-refractivity contribution in [3.63, 3.8) is 0 Å². The van der Waals surface area contributed by atoms with E-state index in [9.17, 15) is 22.8 Å². The molecule has 1 aromatic carbocycles. The number of nitrogens with zero attached hydrogens (tertiary/aromatic N) is 5. The third-order valence-electron chi connectivity index (χ3n) is 6.73. The van der Waals surface area contributed by atoms with Gasteiger partial charge >= 0.3 is 12.2 Å². The summed E-state index contributed by atoms with van der Waals surface area (Å²) in [6, 6.07) is 6.72. The maximum atomic E-state index is 12.8. The number of hydrogen-bond acceptors (Lipinski definition) is 7. The number of anilines is 1. The number of fused-ring (bicyclic) bond motifs is 1. The van der Waals surface area contributed by atoms with Gasteiger partial charge in [-0.1, -0.05) is 12.1 Å². The minimum atomic E-state index is -4.51. The number of likely N-dealkylation sites (tertiary alicyclic amines) is 1. The SMILES string of the molecule is COC1CCN(C(=O)C(C)N=CC(C=N)c2cnn3c(-c4cccc(NC(=O)NCC(F)(F)F)c4)cnc3c2)CC1. The van der Waals surface area contributed by atoms with Crippen molar-refractivity contribution in [2.45, 2.75) is 44.0 Å². The van der Waals surface area contributed by atoms with E-state index in [1.807, 2.05) is 0 Å². The number of carbonyl (C=O) groups is 2. The summed E-state index contributed by atoms with van der Waals surface area (Å²) in [5.74, 6) is -0.592. The van der Waals surface area contributed by atoms with E-state index < -0.39 is 30.7 Å². The number of rotatable bonds is 9. The maximum Gasteiger partial charge on any atom is 0.405 e. The van der Waals surface area contributed by atoms with Crippen molar-refractivity contribution < 1.29 is 27.5 Å². The van der Waals surface area contributed by atoms with Crippen molar-refractivity contribution in [2.24, 2.45) is 4.99 Å². The zero-order valence-electron chi connectivity index (χ0n) is 22.6. The van der Waals surface area contributed by atoms with Gasteiger partial charge in [0.2, 0.25) is 5.91 Å². The van der Waals surface area contributed by atoms with Crippen LogP contribution in [0, 0.1) is 5.41 Å². The van der Waals surface area contributed by atoms with Crippen molar-refractivity contribution in [3.8, 4) is 11.3 Å². The van der Waals surface area contributed by atoms with Gasteiger partial charge in [-0.25, -0.2) is 14.3 Å². The molecule has 11 nitrogen and oxygen atoms in total. The highest BCUT2D eigenvalue weighted by atomic mass is 19.4. The number of piperidine rings is 1. The fourth-order valence-electron chi connectivity index (χ4n) is 4.47. The summed E-state index contributed by atoms with van der Waals surface area (Å²) in [6.07, 6.45) is 3.17. The van der Waals surface area contributed by atoms with Crippen molar-refractivity contribution in [1.29, 1.82) is 5.41 Å². The summed E-state index contributed by atoms with van der Waals surface area (Å²) in [5.41, 5.74) is 2.65. The lowest BCUT2D eigenvalue weighted by Crippen LogP contribution is -2.44. The third-order valence-corrected chi connectivity index (χ3v) is 6.73. The number of urea groups is 1. The van der Waals surface area contributed by atoms with Crippen LogP contribution in [-0.4, -0.2) is 88.9 Å². The van der Waals surface area contributed by atoms with E-state index in [-0.39, 0.29) is 12.0 Å². The van der Waals surface area contributed by atoms with Crippen molar-refractivity contribution in [1.82, 2.24) is 24.8 Å². The average molecular weight is 573 g/mol. The van der Waals surface area contributed by atoms with Gasteiger partial charge < -0.3 is 25.7 Å². The predicted octanol–water partition coefficient (Wildman–Crippen LogP) is 3.91. The molecule has 218 valence electrons. The number of nitrogens with one attached hydrogen (secondary N) is 3. The molecule has 0 aliphatic carbocycles. The largest absolute Gasteiger partial charge is 0.405 e.